The number of hydrogen-bond donors (Lipinski definition) is 1. The summed E-state index contributed by atoms with van der Waals surface area (Å²) in [6.07, 6.45) is 2.11. The number of nitrogens with one attached hydrogen (secondary N) is 1. The molecule has 0 amide bonds. The summed E-state index contributed by atoms with van der Waals surface area (Å²) in [5.74, 6) is 0. The monoisotopic (exact) mass is 282 g/mol. The molecule has 1 heterocycles. The van der Waals surface area contributed by atoms with Crippen molar-refractivity contribution in [3.8, 4) is 0 Å². The maximum atomic E-state index is 6.16. The second-order valence-electron chi connectivity index (χ2n) is 4.40. The predicted octanol–water partition coefficient (Wildman–Crippen LogP) is 4.00. The first-order valence-corrected chi connectivity index (χ1v) is 6.77. The van der Waals surface area contributed by atoms with Gasteiger partial charge in [0.15, 0.2) is 0 Å². The van der Waals surface area contributed by atoms with Gasteiger partial charge in [-0.3, -0.25) is 4.98 Å². The van der Waals surface area contributed by atoms with Gasteiger partial charge >= 0.3 is 0 Å². The SMILES string of the molecule is CNCCCc1cc2cc(Cl)cc(Cl)c2nc1C. The van der Waals surface area contributed by atoms with E-state index in [0.717, 1.165) is 36.0 Å². The van der Waals surface area contributed by atoms with Gasteiger partial charge in [0.2, 0.25) is 0 Å². The zero-order valence-electron chi connectivity index (χ0n) is 10.6. The molecule has 0 radical (unpaired) electrons. The van der Waals surface area contributed by atoms with Gasteiger partial charge in [-0.2, -0.15) is 0 Å². The first kappa shape index (κ1) is 13.6. The fraction of sp³-hybridized carbons (Fsp3) is 0.357. The second-order valence-corrected chi connectivity index (χ2v) is 5.24. The Labute approximate surface area is 117 Å². The first-order valence-electron chi connectivity index (χ1n) is 6.01. The Morgan fingerprint density at radius 2 is 2.00 bits per heavy atom. The van der Waals surface area contributed by atoms with Crippen molar-refractivity contribution in [1.82, 2.24) is 10.3 Å². The van der Waals surface area contributed by atoms with Gasteiger partial charge in [0.1, 0.15) is 0 Å². The number of fused-ring (bicyclic) bond motifs is 1. The van der Waals surface area contributed by atoms with E-state index in [1.54, 1.807) is 6.07 Å². The molecule has 96 valence electrons. The van der Waals surface area contributed by atoms with E-state index in [1.165, 1.54) is 5.56 Å². The maximum absolute atomic E-state index is 6.16. The summed E-state index contributed by atoms with van der Waals surface area (Å²) in [7, 11) is 1.96. The molecule has 0 spiro atoms. The van der Waals surface area contributed by atoms with Crippen LogP contribution in [0.3, 0.4) is 0 Å². The Bertz CT molecular complexity index is 567. The van der Waals surface area contributed by atoms with Gasteiger partial charge in [0, 0.05) is 16.1 Å². The van der Waals surface area contributed by atoms with Gasteiger partial charge < -0.3 is 5.32 Å². The van der Waals surface area contributed by atoms with Gasteiger partial charge in [-0.1, -0.05) is 23.2 Å². The summed E-state index contributed by atoms with van der Waals surface area (Å²) < 4.78 is 0. The highest BCUT2D eigenvalue weighted by Gasteiger charge is 2.07. The predicted molar refractivity (Wildman–Crippen MR) is 78.7 cm³/mol. The van der Waals surface area contributed by atoms with Crippen LogP contribution in [0.25, 0.3) is 10.9 Å². The fourth-order valence-electron chi connectivity index (χ4n) is 2.05. The molecular formula is C14H16Cl2N2. The highest BCUT2D eigenvalue weighted by atomic mass is 35.5. The number of halogens is 2. The van der Waals surface area contributed by atoms with E-state index in [9.17, 15) is 0 Å². The Hall–Kier alpha value is -0.830. The zero-order chi connectivity index (χ0) is 13.1. The van der Waals surface area contributed by atoms with Crippen molar-refractivity contribution in [2.45, 2.75) is 19.8 Å². The number of aromatic nitrogens is 1. The third kappa shape index (κ3) is 2.94. The summed E-state index contributed by atoms with van der Waals surface area (Å²) >= 11 is 12.2. The van der Waals surface area contributed by atoms with Gasteiger partial charge in [-0.25, -0.2) is 0 Å². The molecule has 0 saturated carbocycles. The molecule has 0 fully saturated rings. The lowest BCUT2D eigenvalue weighted by Gasteiger charge is -2.09. The maximum Gasteiger partial charge on any atom is 0.0892 e. The number of nitrogens with zero attached hydrogens (tertiary/aromatic N) is 1. The largest absolute Gasteiger partial charge is 0.320 e. The second kappa shape index (κ2) is 5.87. The summed E-state index contributed by atoms with van der Waals surface area (Å²) in [6, 6.07) is 5.79. The molecule has 0 unspecified atom stereocenters. The lowest BCUT2D eigenvalue weighted by molar-refractivity contribution is 0.721. The molecule has 0 atom stereocenters. The average molecular weight is 283 g/mol. The quantitative estimate of drug-likeness (QED) is 0.858. The molecular weight excluding hydrogens is 267 g/mol. The van der Waals surface area contributed by atoms with Crippen molar-refractivity contribution in [2.24, 2.45) is 0 Å². The molecule has 2 aromatic rings. The molecule has 0 saturated heterocycles. The number of hydrogen-bond acceptors (Lipinski definition) is 2. The number of benzene rings is 1. The van der Waals surface area contributed by atoms with E-state index in [4.69, 9.17) is 23.2 Å². The standard InChI is InChI=1S/C14H16Cl2N2/c1-9-10(4-3-5-17-2)6-11-7-12(15)8-13(16)14(11)18-9/h6-8,17H,3-5H2,1-2H3. The smallest absolute Gasteiger partial charge is 0.0892 e. The highest BCUT2D eigenvalue weighted by molar-refractivity contribution is 6.38. The molecule has 4 heteroatoms. The molecule has 1 aromatic heterocycles. The Kier molecular flexibility index (Phi) is 4.44. The minimum Gasteiger partial charge on any atom is -0.320 e. The Morgan fingerprint density at radius 3 is 2.72 bits per heavy atom. The molecule has 0 aliphatic carbocycles. The van der Waals surface area contributed by atoms with Crippen molar-refractivity contribution in [3.05, 3.63) is 39.5 Å². The molecule has 2 nitrogen and oxygen atoms in total. The van der Waals surface area contributed by atoms with E-state index in [2.05, 4.69) is 16.4 Å². The van der Waals surface area contributed by atoms with Crippen LogP contribution in [-0.2, 0) is 6.42 Å². The van der Waals surface area contributed by atoms with Crippen LogP contribution < -0.4 is 5.32 Å². The Morgan fingerprint density at radius 1 is 1.22 bits per heavy atom. The third-order valence-electron chi connectivity index (χ3n) is 3.00. The molecule has 2 rings (SSSR count). The van der Waals surface area contributed by atoms with E-state index in [1.807, 2.05) is 20.0 Å². The molecule has 0 aliphatic rings. The first-order chi connectivity index (χ1) is 8.61. The van der Waals surface area contributed by atoms with Gasteiger partial charge in [0.05, 0.1) is 10.5 Å². The number of pyridine rings is 1. The summed E-state index contributed by atoms with van der Waals surface area (Å²) in [6.45, 7) is 3.03. The number of aryl methyl sites for hydroxylation is 2. The van der Waals surface area contributed by atoms with Crippen LogP contribution in [0.1, 0.15) is 17.7 Å². The van der Waals surface area contributed by atoms with E-state index < -0.39 is 0 Å². The van der Waals surface area contributed by atoms with Crippen molar-refractivity contribution < 1.29 is 0 Å². The zero-order valence-corrected chi connectivity index (χ0v) is 12.1. The normalized spacial score (nSPS) is 11.1. The minimum atomic E-state index is 0.613. The molecule has 18 heavy (non-hydrogen) atoms. The van der Waals surface area contributed by atoms with Crippen LogP contribution in [0, 0.1) is 6.92 Å². The highest BCUT2D eigenvalue weighted by Crippen LogP contribution is 2.28. The lowest BCUT2D eigenvalue weighted by atomic mass is 10.1. The van der Waals surface area contributed by atoms with Crippen LogP contribution in [0.4, 0.5) is 0 Å². The van der Waals surface area contributed by atoms with Crippen LogP contribution >= 0.6 is 23.2 Å². The average Bonchev–Trinajstić information content (AvgIpc) is 2.31. The fourth-order valence-corrected chi connectivity index (χ4v) is 2.61. The Balaban J connectivity index is 2.41. The molecule has 1 N–H and O–H groups in total. The van der Waals surface area contributed by atoms with Crippen molar-refractivity contribution in [1.29, 1.82) is 0 Å². The molecule has 1 aromatic carbocycles. The summed E-state index contributed by atoms with van der Waals surface area (Å²) in [4.78, 5) is 4.58. The van der Waals surface area contributed by atoms with Crippen LogP contribution in [0.2, 0.25) is 10.0 Å². The van der Waals surface area contributed by atoms with Crippen LogP contribution in [-0.4, -0.2) is 18.6 Å². The topological polar surface area (TPSA) is 24.9 Å². The van der Waals surface area contributed by atoms with Gasteiger partial charge in [-0.05, 0) is 57.1 Å². The summed E-state index contributed by atoms with van der Waals surface area (Å²) in [5.41, 5.74) is 3.13. The van der Waals surface area contributed by atoms with Crippen LogP contribution in [0.15, 0.2) is 18.2 Å². The summed E-state index contributed by atoms with van der Waals surface area (Å²) in [5, 5.41) is 5.43. The van der Waals surface area contributed by atoms with Crippen molar-refractivity contribution >= 4 is 34.1 Å². The van der Waals surface area contributed by atoms with Crippen molar-refractivity contribution in [2.75, 3.05) is 13.6 Å². The van der Waals surface area contributed by atoms with Crippen LogP contribution in [0.5, 0.6) is 0 Å². The van der Waals surface area contributed by atoms with Crippen molar-refractivity contribution in [3.63, 3.8) is 0 Å². The van der Waals surface area contributed by atoms with E-state index >= 15 is 0 Å². The minimum absolute atomic E-state index is 0.613. The molecule has 0 aliphatic heterocycles. The van der Waals surface area contributed by atoms with Gasteiger partial charge in [0.25, 0.3) is 0 Å². The third-order valence-corrected chi connectivity index (χ3v) is 3.51. The van der Waals surface area contributed by atoms with Gasteiger partial charge in [-0.15, -0.1) is 0 Å². The van der Waals surface area contributed by atoms with E-state index in [-0.39, 0.29) is 0 Å². The lowest BCUT2D eigenvalue weighted by Crippen LogP contribution is -2.09. The van der Waals surface area contributed by atoms with E-state index in [0.29, 0.717) is 10.0 Å². The number of rotatable bonds is 4. The molecule has 0 bridgehead atoms.